The number of carbonyl (C=O) groups is 2. The summed E-state index contributed by atoms with van der Waals surface area (Å²) in [6.07, 6.45) is 6.41. The summed E-state index contributed by atoms with van der Waals surface area (Å²) in [6.45, 7) is 1.13. The van der Waals surface area contributed by atoms with E-state index in [2.05, 4.69) is 10.3 Å². The number of urea groups is 1. The third-order valence-corrected chi connectivity index (χ3v) is 5.50. The highest BCUT2D eigenvalue weighted by Gasteiger charge is 2.55. The lowest BCUT2D eigenvalue weighted by molar-refractivity contribution is -0.149. The molecule has 1 aliphatic heterocycles. The summed E-state index contributed by atoms with van der Waals surface area (Å²) in [5.41, 5.74) is -0.733. The van der Waals surface area contributed by atoms with E-state index >= 15 is 0 Å². The lowest BCUT2D eigenvalue weighted by Gasteiger charge is -2.23. The third kappa shape index (κ3) is 2.48. The summed E-state index contributed by atoms with van der Waals surface area (Å²) >= 11 is 0. The first-order valence-corrected chi connectivity index (χ1v) is 8.29. The molecule has 124 valence electrons. The van der Waals surface area contributed by atoms with Gasteiger partial charge in [0.05, 0.1) is 18.2 Å². The number of nitrogens with zero attached hydrogens (tertiary/aromatic N) is 2. The summed E-state index contributed by atoms with van der Waals surface area (Å²) < 4.78 is 5.61. The lowest BCUT2D eigenvalue weighted by atomic mass is 9.81. The molecule has 2 atom stereocenters. The topological polar surface area (TPSA) is 95.7 Å². The number of hydrogen-bond acceptors (Lipinski definition) is 4. The summed E-state index contributed by atoms with van der Waals surface area (Å²) in [4.78, 5) is 29.8. The molecule has 1 aromatic heterocycles. The molecule has 2 saturated carbocycles. The van der Waals surface area contributed by atoms with Crippen LogP contribution in [0, 0.1) is 11.3 Å². The van der Waals surface area contributed by atoms with Gasteiger partial charge in [-0.2, -0.15) is 0 Å². The largest absolute Gasteiger partial charge is 0.481 e. The molecule has 3 aliphatic rings. The first-order valence-electron chi connectivity index (χ1n) is 8.29. The van der Waals surface area contributed by atoms with E-state index in [1.54, 1.807) is 11.1 Å². The Labute approximate surface area is 134 Å². The smallest absolute Gasteiger partial charge is 0.317 e. The third-order valence-electron chi connectivity index (χ3n) is 5.50. The normalized spacial score (nSPS) is 29.6. The molecule has 0 spiro atoms. The first kappa shape index (κ1) is 14.5. The van der Waals surface area contributed by atoms with Crippen molar-refractivity contribution in [2.24, 2.45) is 11.3 Å². The van der Waals surface area contributed by atoms with E-state index < -0.39 is 11.4 Å². The van der Waals surface area contributed by atoms with Crippen molar-refractivity contribution < 1.29 is 19.1 Å². The second-order valence-electron chi connectivity index (χ2n) is 7.03. The van der Waals surface area contributed by atoms with Crippen molar-refractivity contribution in [3.05, 3.63) is 17.8 Å². The van der Waals surface area contributed by atoms with E-state index in [9.17, 15) is 14.7 Å². The number of likely N-dealkylation sites (tertiary alicyclic amines) is 1. The summed E-state index contributed by atoms with van der Waals surface area (Å²) in [6, 6.07) is -0.218. The number of amides is 2. The van der Waals surface area contributed by atoms with E-state index in [1.807, 2.05) is 0 Å². The fraction of sp³-hybridized carbons (Fsp3) is 0.688. The number of carbonyl (C=O) groups excluding carboxylic acids is 1. The number of oxazole rings is 1. The van der Waals surface area contributed by atoms with Crippen LogP contribution in [0.1, 0.15) is 49.7 Å². The first-order chi connectivity index (χ1) is 11.1. The Morgan fingerprint density at radius 3 is 2.96 bits per heavy atom. The van der Waals surface area contributed by atoms with Crippen molar-refractivity contribution >= 4 is 12.0 Å². The van der Waals surface area contributed by atoms with Crippen molar-refractivity contribution in [2.75, 3.05) is 13.1 Å². The molecule has 4 rings (SSSR count). The highest BCUT2D eigenvalue weighted by atomic mass is 16.4. The summed E-state index contributed by atoms with van der Waals surface area (Å²) in [5, 5.41) is 12.4. The average Bonchev–Trinajstić information content (AvgIpc) is 2.97. The van der Waals surface area contributed by atoms with E-state index in [0.29, 0.717) is 37.7 Å². The molecule has 2 amide bonds. The number of hydrogen-bond donors (Lipinski definition) is 2. The van der Waals surface area contributed by atoms with Gasteiger partial charge < -0.3 is 19.7 Å². The molecule has 1 aromatic rings. The molecular formula is C16H21N3O4. The number of carboxylic acid groups (broad SMARTS) is 1. The molecule has 7 nitrogen and oxygen atoms in total. The minimum atomic E-state index is -0.764. The van der Waals surface area contributed by atoms with Gasteiger partial charge >= 0.3 is 12.0 Å². The van der Waals surface area contributed by atoms with Gasteiger partial charge in [-0.25, -0.2) is 9.78 Å². The fourth-order valence-electron chi connectivity index (χ4n) is 3.99. The number of fused-ring (bicyclic) bond motifs is 1. The molecule has 2 aliphatic carbocycles. The van der Waals surface area contributed by atoms with Crippen molar-refractivity contribution in [2.45, 2.75) is 44.6 Å². The van der Waals surface area contributed by atoms with Crippen LogP contribution in [-0.2, 0) is 11.3 Å². The molecule has 3 fully saturated rings. The van der Waals surface area contributed by atoms with Gasteiger partial charge in [0.15, 0.2) is 5.89 Å². The van der Waals surface area contributed by atoms with Gasteiger partial charge in [0, 0.05) is 19.0 Å². The zero-order valence-corrected chi connectivity index (χ0v) is 13.0. The SMILES string of the molecule is O=C(NCc1cnc(C2CC2)o1)N1C[C@@H]2CCC[C@@]2(C(=O)O)C1. The zero-order chi connectivity index (χ0) is 16.0. The molecule has 2 N–H and O–H groups in total. The van der Waals surface area contributed by atoms with Crippen LogP contribution in [-0.4, -0.2) is 40.1 Å². The molecule has 0 radical (unpaired) electrons. The molecule has 2 heterocycles. The minimum Gasteiger partial charge on any atom is -0.481 e. The fourth-order valence-corrected chi connectivity index (χ4v) is 3.99. The molecule has 1 saturated heterocycles. The van der Waals surface area contributed by atoms with Gasteiger partial charge in [-0.15, -0.1) is 0 Å². The van der Waals surface area contributed by atoms with Crippen LogP contribution < -0.4 is 5.32 Å². The second kappa shape index (κ2) is 5.25. The lowest BCUT2D eigenvalue weighted by Crippen LogP contribution is -2.41. The van der Waals surface area contributed by atoms with Crippen molar-refractivity contribution in [3.8, 4) is 0 Å². The maximum Gasteiger partial charge on any atom is 0.317 e. The van der Waals surface area contributed by atoms with Gasteiger partial charge in [-0.05, 0) is 31.6 Å². The standard InChI is InChI=1S/C16H21N3O4/c20-14(21)16-5-1-2-11(16)8-19(9-16)15(22)18-7-12-6-17-13(23-12)10-3-4-10/h6,10-11H,1-5,7-9H2,(H,18,22)(H,20,21)/t11-,16+/m0/s1. The van der Waals surface area contributed by atoms with E-state index in [-0.39, 0.29) is 11.9 Å². The Hall–Kier alpha value is -2.05. The van der Waals surface area contributed by atoms with Crippen LogP contribution in [0.5, 0.6) is 0 Å². The van der Waals surface area contributed by atoms with Gasteiger partial charge in [-0.3, -0.25) is 4.79 Å². The molecule has 7 heteroatoms. The van der Waals surface area contributed by atoms with Crippen molar-refractivity contribution in [1.29, 1.82) is 0 Å². The average molecular weight is 319 g/mol. The highest BCUT2D eigenvalue weighted by Crippen LogP contribution is 2.48. The van der Waals surface area contributed by atoms with E-state index in [4.69, 9.17) is 4.42 Å². The quantitative estimate of drug-likeness (QED) is 0.884. The number of aliphatic carboxylic acids is 1. The maximum atomic E-state index is 12.3. The van der Waals surface area contributed by atoms with Gasteiger partial charge in [-0.1, -0.05) is 6.42 Å². The predicted octanol–water partition coefficient (Wildman–Crippen LogP) is 1.95. The molecular weight excluding hydrogens is 298 g/mol. The Morgan fingerprint density at radius 2 is 2.26 bits per heavy atom. The van der Waals surface area contributed by atoms with Crippen LogP contribution in [0.15, 0.2) is 10.6 Å². The monoisotopic (exact) mass is 319 g/mol. The van der Waals surface area contributed by atoms with Crippen molar-refractivity contribution in [3.63, 3.8) is 0 Å². The minimum absolute atomic E-state index is 0.0810. The molecule has 23 heavy (non-hydrogen) atoms. The zero-order valence-electron chi connectivity index (χ0n) is 13.0. The van der Waals surface area contributed by atoms with E-state index in [0.717, 1.165) is 31.6 Å². The molecule has 0 aromatic carbocycles. The van der Waals surface area contributed by atoms with E-state index in [1.165, 1.54) is 0 Å². The van der Waals surface area contributed by atoms with Gasteiger partial charge in [0.1, 0.15) is 5.76 Å². The predicted molar refractivity (Wildman–Crippen MR) is 79.7 cm³/mol. The Kier molecular flexibility index (Phi) is 3.32. The van der Waals surface area contributed by atoms with Crippen LogP contribution in [0.2, 0.25) is 0 Å². The Bertz CT molecular complexity index is 639. The number of nitrogens with one attached hydrogen (secondary N) is 1. The number of carboxylic acids is 1. The van der Waals surface area contributed by atoms with Crippen LogP contribution in [0.3, 0.4) is 0 Å². The maximum absolute atomic E-state index is 12.3. The molecule has 0 bridgehead atoms. The summed E-state index contributed by atoms with van der Waals surface area (Å²) in [5.74, 6) is 1.17. The second-order valence-corrected chi connectivity index (χ2v) is 7.03. The number of aromatic nitrogens is 1. The van der Waals surface area contributed by atoms with Gasteiger partial charge in [0.25, 0.3) is 0 Å². The summed E-state index contributed by atoms with van der Waals surface area (Å²) in [7, 11) is 0. The van der Waals surface area contributed by atoms with Gasteiger partial charge in [0.2, 0.25) is 0 Å². The Balaban J connectivity index is 1.35. The highest BCUT2D eigenvalue weighted by molar-refractivity contribution is 5.80. The van der Waals surface area contributed by atoms with Crippen molar-refractivity contribution in [1.82, 2.24) is 15.2 Å². The Morgan fingerprint density at radius 1 is 1.43 bits per heavy atom. The van der Waals surface area contributed by atoms with Crippen LogP contribution in [0.4, 0.5) is 4.79 Å². The number of rotatable bonds is 4. The van der Waals surface area contributed by atoms with Crippen LogP contribution >= 0.6 is 0 Å². The molecule has 0 unspecified atom stereocenters. The van der Waals surface area contributed by atoms with Crippen LogP contribution in [0.25, 0.3) is 0 Å².